The van der Waals surface area contributed by atoms with Gasteiger partial charge in [0, 0.05) is 24.3 Å². The number of nitrogens with two attached hydrogens (primary N) is 1. The van der Waals surface area contributed by atoms with Crippen LogP contribution in [0.15, 0.2) is 23.3 Å². The Hall–Kier alpha value is -1.84. The molecule has 0 bridgehead atoms. The standard InChI is InChI=1S/C13H18N4/c1-4-17-6-5-9-12(16-8(2)3)10(14)7-11(15)13(9)17/h5-8,14H,4,15H2,1-3H3. The Bertz CT molecular complexity index is 518. The average Bonchev–Trinajstić information content (AvgIpc) is 2.67. The lowest BCUT2D eigenvalue weighted by Crippen LogP contribution is -2.23. The summed E-state index contributed by atoms with van der Waals surface area (Å²) < 4.78 is 2.09. The molecule has 17 heavy (non-hydrogen) atoms. The minimum atomic E-state index is 0.177. The maximum absolute atomic E-state index is 7.97. The van der Waals surface area contributed by atoms with Crippen molar-refractivity contribution < 1.29 is 0 Å². The Morgan fingerprint density at radius 3 is 2.76 bits per heavy atom. The van der Waals surface area contributed by atoms with Crippen LogP contribution in [0, 0.1) is 5.41 Å². The van der Waals surface area contributed by atoms with Crippen LogP contribution in [0.2, 0.25) is 0 Å². The molecular weight excluding hydrogens is 212 g/mol. The van der Waals surface area contributed by atoms with E-state index in [1.165, 1.54) is 0 Å². The summed E-state index contributed by atoms with van der Waals surface area (Å²) in [6.45, 7) is 6.97. The third kappa shape index (κ3) is 1.90. The lowest BCUT2D eigenvalue weighted by atomic mass is 9.97. The van der Waals surface area contributed by atoms with Gasteiger partial charge in [0.15, 0.2) is 0 Å². The summed E-state index contributed by atoms with van der Waals surface area (Å²) in [5.74, 6) is 0. The van der Waals surface area contributed by atoms with Crippen molar-refractivity contribution in [3.8, 4) is 0 Å². The molecule has 1 aliphatic carbocycles. The number of aryl methyl sites for hydroxylation is 1. The molecule has 90 valence electrons. The molecule has 1 aliphatic rings. The summed E-state index contributed by atoms with van der Waals surface area (Å²) in [6.07, 6.45) is 3.69. The summed E-state index contributed by atoms with van der Waals surface area (Å²) in [6, 6.07) is 2.17. The van der Waals surface area contributed by atoms with E-state index in [0.29, 0.717) is 11.4 Å². The summed E-state index contributed by atoms with van der Waals surface area (Å²) >= 11 is 0. The van der Waals surface area contributed by atoms with Crippen LogP contribution in [0.4, 0.5) is 0 Å². The van der Waals surface area contributed by atoms with Crippen LogP contribution in [0.5, 0.6) is 0 Å². The topological polar surface area (TPSA) is 67.2 Å². The lowest BCUT2D eigenvalue weighted by Gasteiger charge is -2.17. The van der Waals surface area contributed by atoms with Crippen molar-refractivity contribution in [3.63, 3.8) is 0 Å². The van der Waals surface area contributed by atoms with E-state index in [4.69, 9.17) is 11.1 Å². The fourth-order valence-corrected chi connectivity index (χ4v) is 2.08. The maximum atomic E-state index is 7.97. The fraction of sp³-hybridized carbons (Fsp3) is 0.385. The Balaban J connectivity index is 2.62. The predicted molar refractivity (Wildman–Crippen MR) is 71.7 cm³/mol. The Morgan fingerprint density at radius 2 is 2.18 bits per heavy atom. The zero-order valence-corrected chi connectivity index (χ0v) is 10.5. The summed E-state index contributed by atoms with van der Waals surface area (Å²) in [4.78, 5) is 4.52. The molecule has 3 N–H and O–H groups in total. The Kier molecular flexibility index (Phi) is 2.88. The number of allylic oxidation sites excluding steroid dienone is 1. The SMILES string of the molecule is CCn1ccc2c1C(N)=CC(=N)C2=NC(C)C. The zero-order chi connectivity index (χ0) is 12.6. The van der Waals surface area contributed by atoms with E-state index in [0.717, 1.165) is 23.5 Å². The van der Waals surface area contributed by atoms with Crippen LogP contribution >= 0.6 is 0 Å². The second-order valence-electron chi connectivity index (χ2n) is 4.45. The molecule has 0 radical (unpaired) electrons. The molecule has 0 atom stereocenters. The van der Waals surface area contributed by atoms with Gasteiger partial charge in [0.1, 0.15) is 0 Å². The van der Waals surface area contributed by atoms with E-state index in [1.54, 1.807) is 6.08 Å². The maximum Gasteiger partial charge on any atom is 0.0922 e. The second-order valence-corrected chi connectivity index (χ2v) is 4.45. The highest BCUT2D eigenvalue weighted by Crippen LogP contribution is 2.24. The van der Waals surface area contributed by atoms with E-state index in [9.17, 15) is 0 Å². The van der Waals surface area contributed by atoms with Gasteiger partial charge in [0.2, 0.25) is 0 Å². The molecular formula is C13H18N4. The monoisotopic (exact) mass is 230 g/mol. The highest BCUT2D eigenvalue weighted by molar-refractivity contribution is 6.53. The van der Waals surface area contributed by atoms with Gasteiger partial charge >= 0.3 is 0 Å². The van der Waals surface area contributed by atoms with Crippen molar-refractivity contribution in [1.29, 1.82) is 5.41 Å². The van der Waals surface area contributed by atoms with Crippen LogP contribution in [0.25, 0.3) is 5.70 Å². The van der Waals surface area contributed by atoms with E-state index < -0.39 is 0 Å². The molecule has 1 heterocycles. The van der Waals surface area contributed by atoms with Gasteiger partial charge in [-0.1, -0.05) is 0 Å². The van der Waals surface area contributed by atoms with Gasteiger partial charge in [0.05, 0.1) is 22.8 Å². The molecule has 1 aromatic heterocycles. The summed E-state index contributed by atoms with van der Waals surface area (Å²) in [5.41, 5.74) is 9.76. The van der Waals surface area contributed by atoms with E-state index in [2.05, 4.69) is 16.5 Å². The number of aliphatic imine (C=N–C) groups is 1. The highest BCUT2D eigenvalue weighted by atomic mass is 15.0. The first-order valence-electron chi connectivity index (χ1n) is 5.88. The van der Waals surface area contributed by atoms with Gasteiger partial charge in [-0.25, -0.2) is 0 Å². The van der Waals surface area contributed by atoms with Gasteiger partial charge in [-0.3, -0.25) is 10.4 Å². The first kappa shape index (κ1) is 11.6. The van der Waals surface area contributed by atoms with Gasteiger partial charge in [-0.15, -0.1) is 0 Å². The number of nitrogens with zero attached hydrogens (tertiary/aromatic N) is 2. The minimum Gasteiger partial charge on any atom is -0.397 e. The number of hydrogen-bond acceptors (Lipinski definition) is 3. The van der Waals surface area contributed by atoms with Crippen LogP contribution in [0.3, 0.4) is 0 Å². The first-order chi connectivity index (χ1) is 8.04. The molecule has 1 aromatic rings. The van der Waals surface area contributed by atoms with Gasteiger partial charge < -0.3 is 10.3 Å². The third-order valence-electron chi connectivity index (χ3n) is 2.77. The predicted octanol–water partition coefficient (Wildman–Crippen LogP) is 2.04. The van der Waals surface area contributed by atoms with E-state index >= 15 is 0 Å². The molecule has 0 saturated carbocycles. The fourth-order valence-electron chi connectivity index (χ4n) is 2.08. The number of fused-ring (bicyclic) bond motifs is 1. The molecule has 2 rings (SSSR count). The number of hydrogen-bond donors (Lipinski definition) is 2. The highest BCUT2D eigenvalue weighted by Gasteiger charge is 2.23. The summed E-state index contributed by atoms with van der Waals surface area (Å²) in [7, 11) is 0. The first-order valence-corrected chi connectivity index (χ1v) is 5.88. The Labute approximate surface area is 101 Å². The van der Waals surface area contributed by atoms with Crippen molar-refractivity contribution in [2.24, 2.45) is 10.7 Å². The van der Waals surface area contributed by atoms with Crippen molar-refractivity contribution in [1.82, 2.24) is 4.57 Å². The quantitative estimate of drug-likeness (QED) is 0.802. The molecule has 0 fully saturated rings. The average molecular weight is 230 g/mol. The molecule has 0 amide bonds. The lowest BCUT2D eigenvalue weighted by molar-refractivity contribution is 0.756. The minimum absolute atomic E-state index is 0.177. The molecule has 4 heteroatoms. The van der Waals surface area contributed by atoms with E-state index in [1.807, 2.05) is 26.1 Å². The molecule has 0 unspecified atom stereocenters. The van der Waals surface area contributed by atoms with Crippen LogP contribution < -0.4 is 5.73 Å². The molecule has 0 spiro atoms. The largest absolute Gasteiger partial charge is 0.397 e. The number of nitrogens with one attached hydrogen (secondary N) is 1. The number of aromatic nitrogens is 1. The van der Waals surface area contributed by atoms with E-state index in [-0.39, 0.29) is 6.04 Å². The molecule has 0 aliphatic heterocycles. The summed E-state index contributed by atoms with van der Waals surface area (Å²) in [5, 5.41) is 7.97. The second kappa shape index (κ2) is 4.20. The molecule has 4 nitrogen and oxygen atoms in total. The van der Waals surface area contributed by atoms with Gasteiger partial charge in [0.25, 0.3) is 0 Å². The van der Waals surface area contributed by atoms with Crippen molar-refractivity contribution in [3.05, 3.63) is 29.6 Å². The van der Waals surface area contributed by atoms with Crippen molar-refractivity contribution >= 4 is 17.1 Å². The van der Waals surface area contributed by atoms with Crippen LogP contribution in [-0.4, -0.2) is 22.0 Å². The van der Waals surface area contributed by atoms with Gasteiger partial charge in [-0.05, 0) is 32.9 Å². The molecule has 0 aromatic carbocycles. The normalized spacial score (nSPS) is 17.5. The van der Waals surface area contributed by atoms with Crippen LogP contribution in [-0.2, 0) is 6.54 Å². The third-order valence-corrected chi connectivity index (χ3v) is 2.77. The smallest absolute Gasteiger partial charge is 0.0922 e. The van der Waals surface area contributed by atoms with Crippen LogP contribution in [0.1, 0.15) is 32.0 Å². The van der Waals surface area contributed by atoms with Crippen molar-refractivity contribution in [2.75, 3.05) is 0 Å². The molecule has 0 saturated heterocycles. The Morgan fingerprint density at radius 1 is 1.47 bits per heavy atom. The van der Waals surface area contributed by atoms with Gasteiger partial charge in [-0.2, -0.15) is 0 Å². The van der Waals surface area contributed by atoms with Crippen molar-refractivity contribution in [2.45, 2.75) is 33.4 Å². The zero-order valence-electron chi connectivity index (χ0n) is 10.5. The number of rotatable bonds is 2.